The number of nitrogens with zero attached hydrogens (tertiary/aromatic N) is 2. The fraction of sp³-hybridized carbons (Fsp3) is 0.438. The fourth-order valence-corrected chi connectivity index (χ4v) is 2.44. The Labute approximate surface area is 119 Å². The van der Waals surface area contributed by atoms with Crippen molar-refractivity contribution in [2.24, 2.45) is 0 Å². The largest absolute Gasteiger partial charge is 0.395 e. The van der Waals surface area contributed by atoms with Crippen LogP contribution in [0.25, 0.3) is 11.4 Å². The minimum Gasteiger partial charge on any atom is -0.395 e. The van der Waals surface area contributed by atoms with Gasteiger partial charge in [-0.05, 0) is 19.3 Å². The number of aliphatic hydroxyl groups is 1. The van der Waals surface area contributed by atoms with Crippen molar-refractivity contribution >= 4 is 0 Å². The van der Waals surface area contributed by atoms with Gasteiger partial charge in [0.05, 0.1) is 6.61 Å². The molecule has 1 heterocycles. The average Bonchev–Trinajstić information content (AvgIpc) is 3.19. The van der Waals surface area contributed by atoms with Crippen LogP contribution in [0.4, 0.5) is 0 Å². The van der Waals surface area contributed by atoms with Crippen LogP contribution in [-0.2, 0) is 6.54 Å². The Morgan fingerprint density at radius 1 is 1.30 bits per heavy atom. The number of rotatable bonds is 7. The normalized spacial score (nSPS) is 16.2. The van der Waals surface area contributed by atoms with E-state index in [2.05, 4.69) is 27.0 Å². The van der Waals surface area contributed by atoms with E-state index in [9.17, 15) is 5.11 Å². The molecule has 4 heteroatoms. The van der Waals surface area contributed by atoms with Gasteiger partial charge in [-0.2, -0.15) is 0 Å². The molecule has 2 N–H and O–H groups in total. The third-order valence-electron chi connectivity index (χ3n) is 3.74. The van der Waals surface area contributed by atoms with Gasteiger partial charge in [0.25, 0.3) is 0 Å². The van der Waals surface area contributed by atoms with E-state index in [-0.39, 0.29) is 12.6 Å². The summed E-state index contributed by atoms with van der Waals surface area (Å²) in [5.41, 5.74) is 1.13. The highest BCUT2D eigenvalue weighted by Crippen LogP contribution is 2.21. The van der Waals surface area contributed by atoms with Gasteiger partial charge in [0.2, 0.25) is 0 Å². The number of hydrogen-bond acceptors (Lipinski definition) is 3. The number of aromatic nitrogens is 2. The Morgan fingerprint density at radius 3 is 2.80 bits per heavy atom. The van der Waals surface area contributed by atoms with Gasteiger partial charge in [0.15, 0.2) is 0 Å². The highest BCUT2D eigenvalue weighted by molar-refractivity contribution is 5.55. The lowest BCUT2D eigenvalue weighted by Gasteiger charge is -2.17. The van der Waals surface area contributed by atoms with Gasteiger partial charge in [-0.1, -0.05) is 30.3 Å². The number of nitrogens with one attached hydrogen (secondary N) is 1. The number of aryl methyl sites for hydroxylation is 1. The van der Waals surface area contributed by atoms with E-state index >= 15 is 0 Å². The van der Waals surface area contributed by atoms with Crippen LogP contribution in [0, 0.1) is 0 Å². The predicted molar refractivity (Wildman–Crippen MR) is 79.3 cm³/mol. The molecule has 4 nitrogen and oxygen atoms in total. The molecule has 0 saturated heterocycles. The molecule has 20 heavy (non-hydrogen) atoms. The lowest BCUT2D eigenvalue weighted by Crippen LogP contribution is -2.35. The summed E-state index contributed by atoms with van der Waals surface area (Å²) in [6, 6.07) is 11.0. The molecule has 1 aliphatic carbocycles. The molecule has 106 valence electrons. The molecule has 1 saturated carbocycles. The third kappa shape index (κ3) is 3.26. The quantitative estimate of drug-likeness (QED) is 0.810. The molecule has 2 aromatic rings. The molecular formula is C16H21N3O. The molecule has 1 atom stereocenters. The summed E-state index contributed by atoms with van der Waals surface area (Å²) < 4.78 is 2.16. The minimum absolute atomic E-state index is 0.188. The van der Waals surface area contributed by atoms with Crippen LogP contribution >= 0.6 is 0 Å². The average molecular weight is 271 g/mol. The van der Waals surface area contributed by atoms with Crippen molar-refractivity contribution in [2.75, 3.05) is 6.61 Å². The summed E-state index contributed by atoms with van der Waals surface area (Å²) in [6.07, 6.45) is 7.26. The first-order valence-corrected chi connectivity index (χ1v) is 7.30. The van der Waals surface area contributed by atoms with E-state index < -0.39 is 0 Å². The number of imidazole rings is 1. The van der Waals surface area contributed by atoms with Crippen LogP contribution in [0.1, 0.15) is 19.3 Å². The van der Waals surface area contributed by atoms with Gasteiger partial charge < -0.3 is 15.0 Å². The molecule has 1 aromatic carbocycles. The van der Waals surface area contributed by atoms with Crippen LogP contribution in [0.5, 0.6) is 0 Å². The van der Waals surface area contributed by atoms with Crippen molar-refractivity contribution in [3.63, 3.8) is 0 Å². The third-order valence-corrected chi connectivity index (χ3v) is 3.74. The lowest BCUT2D eigenvalue weighted by atomic mass is 10.2. The molecule has 1 aromatic heterocycles. The Morgan fingerprint density at radius 2 is 2.10 bits per heavy atom. The van der Waals surface area contributed by atoms with Crippen LogP contribution in [0.3, 0.4) is 0 Å². The van der Waals surface area contributed by atoms with Crippen molar-refractivity contribution in [2.45, 2.75) is 37.9 Å². The number of aliphatic hydroxyl groups excluding tert-OH is 1. The van der Waals surface area contributed by atoms with E-state index in [0.717, 1.165) is 24.4 Å². The van der Waals surface area contributed by atoms with Gasteiger partial charge >= 0.3 is 0 Å². The summed E-state index contributed by atoms with van der Waals surface area (Å²) in [5.74, 6) is 0.994. The van der Waals surface area contributed by atoms with Crippen molar-refractivity contribution in [1.29, 1.82) is 0 Å². The fourth-order valence-electron chi connectivity index (χ4n) is 2.44. The molecule has 0 amide bonds. The van der Waals surface area contributed by atoms with Crippen LogP contribution in [0.15, 0.2) is 42.7 Å². The van der Waals surface area contributed by atoms with Gasteiger partial charge in [-0.15, -0.1) is 0 Å². The number of benzene rings is 1. The molecule has 0 bridgehead atoms. The molecular weight excluding hydrogens is 250 g/mol. The van der Waals surface area contributed by atoms with Crippen molar-refractivity contribution < 1.29 is 5.11 Å². The molecule has 0 aliphatic heterocycles. The molecule has 1 fully saturated rings. The van der Waals surface area contributed by atoms with E-state index in [1.165, 1.54) is 12.8 Å². The van der Waals surface area contributed by atoms with Crippen LogP contribution in [0.2, 0.25) is 0 Å². The van der Waals surface area contributed by atoms with Crippen LogP contribution < -0.4 is 5.32 Å². The maximum atomic E-state index is 9.43. The summed E-state index contributed by atoms with van der Waals surface area (Å²) in [6.45, 7) is 1.07. The summed E-state index contributed by atoms with van der Waals surface area (Å²) in [7, 11) is 0. The van der Waals surface area contributed by atoms with Gasteiger partial charge in [-0.3, -0.25) is 0 Å². The minimum atomic E-state index is 0.188. The topological polar surface area (TPSA) is 50.1 Å². The first-order chi connectivity index (χ1) is 9.86. The molecule has 1 unspecified atom stereocenters. The second-order valence-electron chi connectivity index (χ2n) is 5.42. The number of hydrogen-bond donors (Lipinski definition) is 2. The highest BCUT2D eigenvalue weighted by atomic mass is 16.3. The lowest BCUT2D eigenvalue weighted by molar-refractivity contribution is 0.230. The Bertz CT molecular complexity index is 534. The SMILES string of the molecule is OCC(CCn1ccnc1-c1ccccc1)NC1CC1. The monoisotopic (exact) mass is 271 g/mol. The van der Waals surface area contributed by atoms with E-state index in [4.69, 9.17) is 0 Å². The highest BCUT2D eigenvalue weighted by Gasteiger charge is 2.24. The van der Waals surface area contributed by atoms with Gasteiger partial charge in [0, 0.05) is 36.6 Å². The zero-order valence-electron chi connectivity index (χ0n) is 11.6. The van der Waals surface area contributed by atoms with Gasteiger partial charge in [0.1, 0.15) is 5.82 Å². The second kappa shape index (κ2) is 6.20. The van der Waals surface area contributed by atoms with E-state index in [1.807, 2.05) is 30.6 Å². The standard InChI is InChI=1S/C16H21N3O/c20-12-15(18-14-6-7-14)8-10-19-11-9-17-16(19)13-4-2-1-3-5-13/h1-5,9,11,14-15,18,20H,6-8,10,12H2. The molecule has 1 aliphatic rings. The maximum absolute atomic E-state index is 9.43. The zero-order valence-corrected chi connectivity index (χ0v) is 11.6. The van der Waals surface area contributed by atoms with Crippen LogP contribution in [-0.4, -0.2) is 33.3 Å². The zero-order chi connectivity index (χ0) is 13.8. The Balaban J connectivity index is 1.64. The molecule has 0 spiro atoms. The predicted octanol–water partition coefficient (Wildman–Crippen LogP) is 2.05. The first-order valence-electron chi connectivity index (χ1n) is 7.30. The van der Waals surface area contributed by atoms with Crippen molar-refractivity contribution in [1.82, 2.24) is 14.9 Å². The summed E-state index contributed by atoms with van der Waals surface area (Å²) in [5, 5.41) is 12.9. The Hall–Kier alpha value is -1.65. The molecule has 0 radical (unpaired) electrons. The van der Waals surface area contributed by atoms with E-state index in [0.29, 0.717) is 6.04 Å². The van der Waals surface area contributed by atoms with E-state index in [1.54, 1.807) is 0 Å². The van der Waals surface area contributed by atoms with Crippen molar-refractivity contribution in [3.8, 4) is 11.4 Å². The summed E-state index contributed by atoms with van der Waals surface area (Å²) in [4.78, 5) is 4.44. The van der Waals surface area contributed by atoms with Gasteiger partial charge in [-0.25, -0.2) is 4.98 Å². The smallest absolute Gasteiger partial charge is 0.139 e. The second-order valence-corrected chi connectivity index (χ2v) is 5.42. The first kappa shape index (κ1) is 13.3. The maximum Gasteiger partial charge on any atom is 0.139 e. The summed E-state index contributed by atoms with van der Waals surface area (Å²) >= 11 is 0. The van der Waals surface area contributed by atoms with Crippen molar-refractivity contribution in [3.05, 3.63) is 42.7 Å². The Kier molecular flexibility index (Phi) is 4.14. The molecule has 3 rings (SSSR count).